The molecule has 5 aromatic rings. The van der Waals surface area contributed by atoms with Crippen LogP contribution in [-0.2, 0) is 5.75 Å². The summed E-state index contributed by atoms with van der Waals surface area (Å²) in [7, 11) is 4.31. The fourth-order valence-corrected chi connectivity index (χ4v) is 6.14. The molecule has 1 fully saturated rings. The first-order chi connectivity index (χ1) is 21.6. The third-order valence-corrected chi connectivity index (χ3v) is 8.96. The molecule has 7 rings (SSSR count). The molecule has 14 nitrogen and oxygen atoms in total. The number of hydrogen-bond donors (Lipinski definition) is 0. The van der Waals surface area contributed by atoms with E-state index >= 15 is 4.39 Å². The first kappa shape index (κ1) is 28.9. The number of hydrogen-bond acceptors (Lipinski definition) is 12. The normalized spacial score (nSPS) is 17.4. The van der Waals surface area contributed by atoms with Gasteiger partial charge in [0.2, 0.25) is 17.2 Å². The Bertz CT molecular complexity index is 2000. The van der Waals surface area contributed by atoms with Gasteiger partial charge in [0.1, 0.15) is 17.9 Å². The van der Waals surface area contributed by atoms with Crippen LogP contribution in [0.4, 0.5) is 15.8 Å². The predicted molar refractivity (Wildman–Crippen MR) is 162 cm³/mol. The molecule has 0 unspecified atom stereocenters. The molecule has 0 saturated carbocycles. The SMILES string of the molecule is C[C@H]1COc2c(N3CC[N+](C)(C)CC3)c(F)cc3c(=O)c(-c4nnc(SCc5nnc(-c6ccc([N+](=O)[O-])cc6)o5)o4)cn1c23. The number of nitro benzene ring substituents is 1. The van der Waals surface area contributed by atoms with E-state index in [0.717, 1.165) is 29.3 Å². The quantitative estimate of drug-likeness (QED) is 0.108. The lowest BCUT2D eigenvalue weighted by atomic mass is 10.1. The van der Waals surface area contributed by atoms with Gasteiger partial charge in [-0.25, -0.2) is 4.39 Å². The van der Waals surface area contributed by atoms with Crippen molar-refractivity contribution in [2.24, 2.45) is 0 Å². The van der Waals surface area contributed by atoms with E-state index in [1.807, 2.05) is 16.4 Å². The number of nitro groups is 1. The average molecular weight is 636 g/mol. The molecular weight excluding hydrogens is 607 g/mol. The number of benzene rings is 2. The van der Waals surface area contributed by atoms with Gasteiger partial charge in [-0.3, -0.25) is 14.9 Å². The van der Waals surface area contributed by atoms with Crippen LogP contribution in [0.3, 0.4) is 0 Å². The van der Waals surface area contributed by atoms with Crippen LogP contribution in [0.2, 0.25) is 0 Å². The molecular formula is C29H28FN8O6S+. The van der Waals surface area contributed by atoms with Gasteiger partial charge in [-0.2, -0.15) is 0 Å². The first-order valence-electron chi connectivity index (χ1n) is 14.2. The molecule has 0 amide bonds. The Kier molecular flexibility index (Phi) is 7.04. The van der Waals surface area contributed by atoms with E-state index in [0.29, 0.717) is 42.2 Å². The lowest BCUT2D eigenvalue weighted by Crippen LogP contribution is -2.55. The van der Waals surface area contributed by atoms with E-state index in [-0.39, 0.29) is 51.3 Å². The van der Waals surface area contributed by atoms with Crippen LogP contribution in [0.25, 0.3) is 33.8 Å². The molecule has 1 atom stereocenters. The average Bonchev–Trinajstić information content (AvgIpc) is 3.69. The molecule has 5 heterocycles. The van der Waals surface area contributed by atoms with Gasteiger partial charge in [0.05, 0.1) is 67.9 Å². The maximum atomic E-state index is 15.8. The van der Waals surface area contributed by atoms with E-state index in [4.69, 9.17) is 13.6 Å². The molecule has 0 spiro atoms. The number of anilines is 1. The molecule has 0 radical (unpaired) electrons. The van der Waals surface area contributed by atoms with Gasteiger partial charge in [0, 0.05) is 23.9 Å². The zero-order valence-electron chi connectivity index (χ0n) is 24.6. The fraction of sp³-hybridized carbons (Fsp3) is 0.345. The summed E-state index contributed by atoms with van der Waals surface area (Å²) in [5.41, 5.74) is 1.15. The summed E-state index contributed by atoms with van der Waals surface area (Å²) in [4.78, 5) is 26.1. The van der Waals surface area contributed by atoms with E-state index in [1.165, 1.54) is 30.3 Å². The third-order valence-electron chi connectivity index (χ3n) is 8.16. The van der Waals surface area contributed by atoms with Gasteiger partial charge >= 0.3 is 0 Å². The summed E-state index contributed by atoms with van der Waals surface area (Å²) in [6, 6.07) is 6.92. The maximum Gasteiger partial charge on any atom is 0.277 e. The van der Waals surface area contributed by atoms with Gasteiger partial charge in [0.15, 0.2) is 11.6 Å². The summed E-state index contributed by atoms with van der Waals surface area (Å²) in [6.07, 6.45) is 1.68. The van der Waals surface area contributed by atoms with Gasteiger partial charge in [-0.05, 0) is 25.1 Å². The van der Waals surface area contributed by atoms with Crippen molar-refractivity contribution in [3.05, 3.63) is 68.6 Å². The molecule has 2 aliphatic heterocycles. The minimum atomic E-state index is -0.505. The molecule has 16 heteroatoms. The zero-order valence-corrected chi connectivity index (χ0v) is 25.4. The number of aromatic nitrogens is 5. The number of nitrogens with zero attached hydrogens (tertiary/aromatic N) is 8. The van der Waals surface area contributed by atoms with Gasteiger partial charge < -0.3 is 27.5 Å². The number of piperazine rings is 1. The summed E-state index contributed by atoms with van der Waals surface area (Å²) in [5, 5.41) is 27.4. The van der Waals surface area contributed by atoms with Crippen molar-refractivity contribution in [2.75, 3.05) is 51.8 Å². The smallest absolute Gasteiger partial charge is 0.277 e. The van der Waals surface area contributed by atoms with Gasteiger partial charge in [0.25, 0.3) is 16.8 Å². The largest absolute Gasteiger partial charge is 0.487 e. The van der Waals surface area contributed by atoms with Crippen molar-refractivity contribution >= 4 is 34.0 Å². The Balaban J connectivity index is 1.15. The lowest BCUT2D eigenvalue weighted by Gasteiger charge is -2.41. The molecule has 232 valence electrons. The van der Waals surface area contributed by atoms with E-state index in [9.17, 15) is 14.9 Å². The summed E-state index contributed by atoms with van der Waals surface area (Å²) >= 11 is 1.14. The van der Waals surface area contributed by atoms with Crippen molar-refractivity contribution in [3.63, 3.8) is 0 Å². The molecule has 45 heavy (non-hydrogen) atoms. The van der Waals surface area contributed by atoms with E-state index < -0.39 is 16.2 Å². The highest BCUT2D eigenvalue weighted by molar-refractivity contribution is 7.98. The highest BCUT2D eigenvalue weighted by Crippen LogP contribution is 2.43. The minimum Gasteiger partial charge on any atom is -0.487 e. The number of rotatable bonds is 7. The molecule has 2 aliphatic rings. The Morgan fingerprint density at radius 2 is 1.82 bits per heavy atom. The third kappa shape index (κ3) is 5.29. The molecule has 3 aromatic heterocycles. The van der Waals surface area contributed by atoms with Gasteiger partial charge in [-0.15, -0.1) is 20.4 Å². The number of likely N-dealkylation sites (N-methyl/N-ethyl adjacent to an activating group) is 1. The van der Waals surface area contributed by atoms with Crippen molar-refractivity contribution in [1.29, 1.82) is 0 Å². The van der Waals surface area contributed by atoms with Crippen LogP contribution in [-0.4, -0.2) is 81.2 Å². The summed E-state index contributed by atoms with van der Waals surface area (Å²) in [6.45, 7) is 5.36. The maximum absolute atomic E-state index is 15.8. The molecule has 2 aromatic carbocycles. The monoisotopic (exact) mass is 635 g/mol. The second kappa shape index (κ2) is 11.0. The van der Waals surface area contributed by atoms with Crippen molar-refractivity contribution in [2.45, 2.75) is 23.9 Å². The molecule has 0 aliphatic carbocycles. The predicted octanol–water partition coefficient (Wildman–Crippen LogP) is 4.29. The van der Waals surface area contributed by atoms with Crippen LogP contribution >= 0.6 is 11.8 Å². The second-order valence-corrected chi connectivity index (χ2v) is 12.6. The van der Waals surface area contributed by atoms with Crippen molar-refractivity contribution in [1.82, 2.24) is 25.0 Å². The summed E-state index contributed by atoms with van der Waals surface area (Å²) < 4.78 is 36.2. The topological polar surface area (TPSA) is 155 Å². The van der Waals surface area contributed by atoms with Gasteiger partial charge in [-0.1, -0.05) is 11.8 Å². The Morgan fingerprint density at radius 3 is 2.56 bits per heavy atom. The first-order valence-corrected chi connectivity index (χ1v) is 15.2. The van der Waals surface area contributed by atoms with Crippen LogP contribution in [0.15, 0.2) is 55.4 Å². The second-order valence-electron chi connectivity index (χ2n) is 11.7. The van der Waals surface area contributed by atoms with Crippen LogP contribution in [0, 0.1) is 15.9 Å². The number of thioether (sulfide) groups is 1. The molecule has 1 saturated heterocycles. The van der Waals surface area contributed by atoms with Crippen molar-refractivity contribution in [3.8, 4) is 28.7 Å². The van der Waals surface area contributed by atoms with E-state index in [1.54, 1.807) is 6.20 Å². The van der Waals surface area contributed by atoms with E-state index in [2.05, 4.69) is 34.5 Å². The van der Waals surface area contributed by atoms with Crippen molar-refractivity contribution < 1.29 is 27.4 Å². The van der Waals surface area contributed by atoms with Crippen LogP contribution < -0.4 is 15.1 Å². The number of ether oxygens (including phenoxy) is 1. The molecule has 0 N–H and O–H groups in total. The summed E-state index contributed by atoms with van der Waals surface area (Å²) in [5.74, 6) is 0.559. The Labute approximate surface area is 259 Å². The highest BCUT2D eigenvalue weighted by Gasteiger charge is 2.33. The Morgan fingerprint density at radius 1 is 1.09 bits per heavy atom. The number of halogens is 1. The Hall–Kier alpha value is -4.83. The standard InChI is InChI=1S/C29H28FN8O6S/c1-16-14-42-26-23-19(12-21(30)24(26)35-8-10-38(2,3)11-9-35)25(39)20(13-36(16)23)28-33-34-29(44-28)45-15-22-31-32-27(43-22)17-4-6-18(7-5-17)37(40)41/h4-7,12-13,16H,8-11,14-15H2,1-3H3/q+1/t16-/m0/s1. The fourth-order valence-electron chi connectivity index (χ4n) is 5.54. The van der Waals surface area contributed by atoms with Crippen LogP contribution in [0.5, 0.6) is 5.75 Å². The lowest BCUT2D eigenvalue weighted by molar-refractivity contribution is -0.890. The number of pyridine rings is 1. The number of quaternary nitrogens is 1. The highest BCUT2D eigenvalue weighted by atomic mass is 32.2. The molecule has 0 bridgehead atoms. The minimum absolute atomic E-state index is 0.00556. The zero-order chi connectivity index (χ0) is 31.5. The van der Waals surface area contributed by atoms with Crippen LogP contribution in [0.1, 0.15) is 18.9 Å². The number of non-ortho nitro benzene ring substituents is 1.